The fraction of sp³-hybridized carbons (Fsp3) is 0. The van der Waals surface area contributed by atoms with Gasteiger partial charge in [-0.2, -0.15) is 0 Å². The Bertz CT molecular complexity index is 2210. The van der Waals surface area contributed by atoms with Crippen LogP contribution in [0.1, 0.15) is 0 Å². The molecular weight excluding hydrogens is 519 g/mol. The Morgan fingerprint density at radius 1 is 0.524 bits per heavy atom. The molecular formula is C37H23FN4. The van der Waals surface area contributed by atoms with E-state index in [0.29, 0.717) is 16.9 Å². The molecule has 0 saturated heterocycles. The minimum atomic E-state index is -0.339. The van der Waals surface area contributed by atoms with E-state index in [4.69, 9.17) is 4.98 Å². The van der Waals surface area contributed by atoms with Crippen LogP contribution in [0.3, 0.4) is 0 Å². The van der Waals surface area contributed by atoms with E-state index >= 15 is 4.39 Å². The molecule has 42 heavy (non-hydrogen) atoms. The zero-order valence-electron chi connectivity index (χ0n) is 22.4. The first-order valence-corrected chi connectivity index (χ1v) is 13.8. The zero-order chi connectivity index (χ0) is 28.0. The van der Waals surface area contributed by atoms with Crippen molar-refractivity contribution in [1.29, 1.82) is 0 Å². The second-order valence-electron chi connectivity index (χ2n) is 10.3. The third kappa shape index (κ3) is 4.02. The third-order valence-electron chi connectivity index (χ3n) is 7.72. The Labute approximate surface area is 241 Å². The normalized spacial score (nSPS) is 11.5. The summed E-state index contributed by atoms with van der Waals surface area (Å²) in [5.74, 6) is -0.339. The topological polar surface area (TPSA) is 43.6 Å². The fourth-order valence-electron chi connectivity index (χ4n) is 5.87. The predicted molar refractivity (Wildman–Crippen MR) is 168 cm³/mol. The highest BCUT2D eigenvalue weighted by atomic mass is 19.1. The maximum atomic E-state index is 15.5. The van der Waals surface area contributed by atoms with Gasteiger partial charge in [0.2, 0.25) is 0 Å². The molecule has 0 unspecified atom stereocenters. The molecule has 4 nitrogen and oxygen atoms in total. The molecule has 0 saturated carbocycles. The van der Waals surface area contributed by atoms with Crippen molar-refractivity contribution in [3.63, 3.8) is 0 Å². The first-order chi connectivity index (χ1) is 20.7. The van der Waals surface area contributed by atoms with Crippen LogP contribution < -0.4 is 0 Å². The van der Waals surface area contributed by atoms with Gasteiger partial charge in [-0.1, -0.05) is 66.7 Å². The predicted octanol–water partition coefficient (Wildman–Crippen LogP) is 9.26. The molecule has 0 N–H and O–H groups in total. The molecule has 4 aromatic heterocycles. The van der Waals surface area contributed by atoms with Gasteiger partial charge in [0.25, 0.3) is 0 Å². The van der Waals surface area contributed by atoms with Crippen LogP contribution in [0, 0.1) is 5.82 Å². The van der Waals surface area contributed by atoms with Gasteiger partial charge in [-0.05, 0) is 82.6 Å². The summed E-state index contributed by atoms with van der Waals surface area (Å²) in [7, 11) is 0. The van der Waals surface area contributed by atoms with Gasteiger partial charge in [-0.15, -0.1) is 0 Å². The number of fused-ring (bicyclic) bond motifs is 4. The van der Waals surface area contributed by atoms with Crippen LogP contribution in [-0.2, 0) is 0 Å². The van der Waals surface area contributed by atoms with Crippen molar-refractivity contribution in [2.24, 2.45) is 0 Å². The molecule has 198 valence electrons. The first-order valence-electron chi connectivity index (χ1n) is 13.8. The standard InChI is InChI=1S/C37H23FN4/c38-27-19-26(20-28(23-27)42-35-15-4-3-12-31(35)37-36(42)16-8-18-40-37)33-21-25(22-34(41-33)32-14-5-6-17-39-32)30-13-7-10-24-9-1-2-11-29(24)30/h1-23H. The molecule has 0 aliphatic carbocycles. The average molecular weight is 543 g/mol. The van der Waals surface area contributed by atoms with Crippen LogP contribution in [0.15, 0.2) is 140 Å². The van der Waals surface area contributed by atoms with E-state index in [9.17, 15) is 0 Å². The Morgan fingerprint density at radius 2 is 1.29 bits per heavy atom. The summed E-state index contributed by atoms with van der Waals surface area (Å²) in [4.78, 5) is 14.2. The van der Waals surface area contributed by atoms with Crippen LogP contribution in [0.4, 0.5) is 4.39 Å². The van der Waals surface area contributed by atoms with Crippen LogP contribution >= 0.6 is 0 Å². The Morgan fingerprint density at radius 3 is 2.19 bits per heavy atom. The van der Waals surface area contributed by atoms with Crippen molar-refractivity contribution in [2.45, 2.75) is 0 Å². The van der Waals surface area contributed by atoms with Crippen molar-refractivity contribution >= 4 is 32.7 Å². The molecule has 0 bridgehead atoms. The third-order valence-corrected chi connectivity index (χ3v) is 7.72. The Kier molecular flexibility index (Phi) is 5.61. The van der Waals surface area contributed by atoms with Gasteiger partial charge < -0.3 is 4.57 Å². The number of para-hydroxylation sites is 1. The summed E-state index contributed by atoms with van der Waals surface area (Å²) >= 11 is 0. The molecule has 5 heteroatoms. The molecule has 8 aromatic rings. The SMILES string of the molecule is Fc1cc(-c2cc(-c3cccc4ccccc34)cc(-c3ccccn3)n2)cc(-n2c3ccccc3c3ncccc32)c1. The van der Waals surface area contributed by atoms with E-state index in [1.165, 1.54) is 0 Å². The van der Waals surface area contributed by atoms with Crippen molar-refractivity contribution in [1.82, 2.24) is 19.5 Å². The number of hydrogen-bond donors (Lipinski definition) is 0. The van der Waals surface area contributed by atoms with Crippen LogP contribution in [0.2, 0.25) is 0 Å². The molecule has 0 radical (unpaired) electrons. The average Bonchev–Trinajstić information content (AvgIpc) is 3.39. The van der Waals surface area contributed by atoms with E-state index in [-0.39, 0.29) is 5.82 Å². The van der Waals surface area contributed by atoms with Gasteiger partial charge >= 0.3 is 0 Å². The molecule has 0 aliphatic heterocycles. The summed E-state index contributed by atoms with van der Waals surface area (Å²) in [6, 6.07) is 41.6. The van der Waals surface area contributed by atoms with E-state index in [1.54, 1.807) is 24.5 Å². The summed E-state index contributed by atoms with van der Waals surface area (Å²) < 4.78 is 17.6. The lowest BCUT2D eigenvalue weighted by atomic mass is 9.96. The highest BCUT2D eigenvalue weighted by molar-refractivity contribution is 6.07. The lowest BCUT2D eigenvalue weighted by Crippen LogP contribution is -1.98. The number of halogens is 1. The quantitative estimate of drug-likeness (QED) is 0.223. The number of hydrogen-bond acceptors (Lipinski definition) is 3. The van der Waals surface area contributed by atoms with Crippen molar-refractivity contribution in [2.75, 3.05) is 0 Å². The summed E-state index contributed by atoms with van der Waals surface area (Å²) in [5.41, 5.74) is 8.38. The maximum Gasteiger partial charge on any atom is 0.125 e. The number of aromatic nitrogens is 4. The summed E-state index contributed by atoms with van der Waals surface area (Å²) in [5, 5.41) is 3.31. The van der Waals surface area contributed by atoms with Crippen LogP contribution in [0.25, 0.3) is 72.2 Å². The van der Waals surface area contributed by atoms with Crippen molar-refractivity contribution in [3.8, 4) is 39.5 Å². The van der Waals surface area contributed by atoms with Crippen molar-refractivity contribution < 1.29 is 4.39 Å². The summed E-state index contributed by atoms with van der Waals surface area (Å²) in [6.07, 6.45) is 3.55. The zero-order valence-corrected chi connectivity index (χ0v) is 22.4. The molecule has 0 amide bonds. The van der Waals surface area contributed by atoms with Crippen LogP contribution in [0.5, 0.6) is 0 Å². The first kappa shape index (κ1) is 24.1. The molecule has 0 spiro atoms. The highest BCUT2D eigenvalue weighted by Crippen LogP contribution is 2.36. The molecule has 4 aromatic carbocycles. The Balaban J connectivity index is 1.38. The minimum Gasteiger partial charge on any atom is -0.307 e. The fourth-order valence-corrected chi connectivity index (χ4v) is 5.87. The maximum absolute atomic E-state index is 15.5. The lowest BCUT2D eigenvalue weighted by Gasteiger charge is -2.14. The molecule has 0 atom stereocenters. The van der Waals surface area contributed by atoms with Gasteiger partial charge in [0.05, 0.1) is 33.6 Å². The van der Waals surface area contributed by atoms with E-state index in [1.807, 2.05) is 72.8 Å². The highest BCUT2D eigenvalue weighted by Gasteiger charge is 2.16. The van der Waals surface area contributed by atoms with Gasteiger partial charge in [0.15, 0.2) is 0 Å². The molecule has 0 aliphatic rings. The molecule has 0 fully saturated rings. The number of pyridine rings is 3. The van der Waals surface area contributed by atoms with Crippen LogP contribution in [-0.4, -0.2) is 19.5 Å². The largest absolute Gasteiger partial charge is 0.307 e. The van der Waals surface area contributed by atoms with E-state index in [0.717, 1.165) is 55.2 Å². The molecule has 8 rings (SSSR count). The minimum absolute atomic E-state index is 0.339. The van der Waals surface area contributed by atoms with Crippen molar-refractivity contribution in [3.05, 3.63) is 146 Å². The smallest absolute Gasteiger partial charge is 0.125 e. The summed E-state index contributed by atoms with van der Waals surface area (Å²) in [6.45, 7) is 0. The Hall–Kier alpha value is -5.68. The number of rotatable bonds is 4. The lowest BCUT2D eigenvalue weighted by molar-refractivity contribution is 0.627. The second-order valence-corrected chi connectivity index (χ2v) is 10.3. The van der Waals surface area contributed by atoms with E-state index < -0.39 is 0 Å². The number of benzene rings is 4. The van der Waals surface area contributed by atoms with Gasteiger partial charge in [-0.3, -0.25) is 9.97 Å². The second kappa shape index (κ2) is 9.75. The van der Waals surface area contributed by atoms with Gasteiger partial charge in [0.1, 0.15) is 5.82 Å². The van der Waals surface area contributed by atoms with E-state index in [2.05, 4.69) is 57.0 Å². The molecule has 4 heterocycles. The number of nitrogens with zero attached hydrogens (tertiary/aromatic N) is 4. The van der Waals surface area contributed by atoms with Gasteiger partial charge in [0, 0.05) is 29.0 Å². The monoisotopic (exact) mass is 542 g/mol. The van der Waals surface area contributed by atoms with Gasteiger partial charge in [-0.25, -0.2) is 9.37 Å².